The molecule has 0 N–H and O–H groups in total. The van der Waals surface area contributed by atoms with Gasteiger partial charge in [-0.1, -0.05) is 41.1 Å². The van der Waals surface area contributed by atoms with Gasteiger partial charge in [-0.05, 0) is 83.9 Å². The Kier molecular flexibility index (Phi) is 8.67. The minimum absolute atomic E-state index is 0.228. The molecule has 39 heavy (non-hydrogen) atoms. The number of hydrogen-bond donors (Lipinski definition) is 0. The smallest absolute Gasteiger partial charge is 0.322 e. The molecule has 0 unspecified atom stereocenters. The zero-order valence-electron chi connectivity index (χ0n) is 23.8. The van der Waals surface area contributed by atoms with Crippen LogP contribution < -0.4 is 0 Å². The molecule has 0 spiro atoms. The van der Waals surface area contributed by atoms with E-state index in [0.29, 0.717) is 31.3 Å². The number of aromatic nitrogens is 2. The molecule has 0 saturated heterocycles. The molecular weight excluding hydrogens is 510 g/mol. The molecule has 7 nitrogen and oxygen atoms in total. The van der Waals surface area contributed by atoms with E-state index < -0.39 is 10.3 Å². The second-order valence-corrected chi connectivity index (χ2v) is 13.0. The highest BCUT2D eigenvalue weighted by molar-refractivity contribution is 8.01. The Labute approximate surface area is 234 Å². The van der Waals surface area contributed by atoms with Crippen LogP contribution in [0.5, 0.6) is 0 Å². The van der Waals surface area contributed by atoms with Gasteiger partial charge in [0.15, 0.2) is 0 Å². The molecule has 0 bridgehead atoms. The highest BCUT2D eigenvalue weighted by atomic mass is 32.2. The number of aryl methyl sites for hydroxylation is 2. The van der Waals surface area contributed by atoms with Crippen molar-refractivity contribution in [2.24, 2.45) is 0 Å². The predicted molar refractivity (Wildman–Crippen MR) is 153 cm³/mol. The number of nitrogens with zero attached hydrogens (tertiary/aromatic N) is 3. The molecule has 0 aliphatic heterocycles. The SMILES string of the molecule is Cc1ccc(-c2noc(CN(Cc3ccc(SC(C)(C)C(=O)OC(C)(C)C)cc3)Cc3ccco3)n2)c(C)c1. The molecule has 4 rings (SSSR count). The molecule has 0 aliphatic rings. The van der Waals surface area contributed by atoms with Crippen LogP contribution >= 0.6 is 11.8 Å². The van der Waals surface area contributed by atoms with Crippen LogP contribution in [0.1, 0.15) is 63.0 Å². The van der Waals surface area contributed by atoms with E-state index in [2.05, 4.69) is 53.2 Å². The van der Waals surface area contributed by atoms with Crippen molar-refractivity contribution in [2.45, 2.75) is 83.3 Å². The largest absolute Gasteiger partial charge is 0.468 e. The van der Waals surface area contributed by atoms with Crippen LogP contribution in [0.2, 0.25) is 0 Å². The van der Waals surface area contributed by atoms with Gasteiger partial charge in [-0.25, -0.2) is 0 Å². The minimum atomic E-state index is -0.703. The first-order valence-corrected chi connectivity index (χ1v) is 13.9. The van der Waals surface area contributed by atoms with Crippen LogP contribution in [-0.2, 0) is 29.2 Å². The molecule has 4 aromatic rings. The van der Waals surface area contributed by atoms with Gasteiger partial charge in [-0.3, -0.25) is 9.69 Å². The summed E-state index contributed by atoms with van der Waals surface area (Å²) in [6, 6.07) is 18.3. The van der Waals surface area contributed by atoms with Crippen molar-refractivity contribution in [1.82, 2.24) is 15.0 Å². The second-order valence-electron chi connectivity index (χ2n) is 11.3. The minimum Gasteiger partial charge on any atom is -0.468 e. The number of furan rings is 1. The molecule has 0 amide bonds. The quantitative estimate of drug-likeness (QED) is 0.150. The highest BCUT2D eigenvalue weighted by Crippen LogP contribution is 2.35. The number of esters is 1. The van der Waals surface area contributed by atoms with E-state index in [0.717, 1.165) is 27.3 Å². The normalized spacial score (nSPS) is 12.2. The van der Waals surface area contributed by atoms with Crippen LogP contribution in [0.15, 0.2) is 74.7 Å². The Balaban J connectivity index is 1.46. The third-order valence-corrected chi connectivity index (χ3v) is 7.19. The monoisotopic (exact) mass is 547 g/mol. The predicted octanol–water partition coefficient (Wildman–Crippen LogP) is 7.36. The molecule has 2 heterocycles. The molecule has 0 radical (unpaired) electrons. The lowest BCUT2D eigenvalue weighted by molar-refractivity contribution is -0.156. The van der Waals surface area contributed by atoms with Gasteiger partial charge >= 0.3 is 5.97 Å². The summed E-state index contributed by atoms with van der Waals surface area (Å²) in [6.45, 7) is 15.3. The average molecular weight is 548 g/mol. The fraction of sp³-hybridized carbons (Fsp3) is 0.387. The molecule has 0 atom stereocenters. The summed E-state index contributed by atoms with van der Waals surface area (Å²) in [5, 5.41) is 4.24. The van der Waals surface area contributed by atoms with Gasteiger partial charge in [0, 0.05) is 17.0 Å². The lowest BCUT2D eigenvalue weighted by atomic mass is 10.1. The number of carbonyl (C=O) groups excluding carboxylic acids is 1. The summed E-state index contributed by atoms with van der Waals surface area (Å²) in [7, 11) is 0. The van der Waals surface area contributed by atoms with E-state index in [1.165, 1.54) is 17.3 Å². The third kappa shape index (κ3) is 8.07. The summed E-state index contributed by atoms with van der Waals surface area (Å²) in [5.41, 5.74) is 3.88. The maximum atomic E-state index is 12.7. The number of ether oxygens (including phenoxy) is 1. The van der Waals surface area contributed by atoms with Crippen molar-refractivity contribution in [1.29, 1.82) is 0 Å². The molecule has 2 aromatic carbocycles. The van der Waals surface area contributed by atoms with Gasteiger partial charge < -0.3 is 13.7 Å². The number of thioether (sulfide) groups is 1. The fourth-order valence-electron chi connectivity index (χ4n) is 4.13. The molecule has 0 aliphatic carbocycles. The number of benzene rings is 2. The molecule has 206 valence electrons. The Morgan fingerprint density at radius 3 is 2.36 bits per heavy atom. The van der Waals surface area contributed by atoms with Crippen molar-refractivity contribution in [3.63, 3.8) is 0 Å². The van der Waals surface area contributed by atoms with Gasteiger partial charge in [-0.2, -0.15) is 4.98 Å². The molecular formula is C31H37N3O4S. The maximum Gasteiger partial charge on any atom is 0.322 e. The van der Waals surface area contributed by atoms with Crippen LogP contribution in [0.3, 0.4) is 0 Å². The van der Waals surface area contributed by atoms with Gasteiger partial charge in [0.25, 0.3) is 0 Å². The van der Waals surface area contributed by atoms with Crippen molar-refractivity contribution in [3.8, 4) is 11.4 Å². The first-order valence-electron chi connectivity index (χ1n) is 13.0. The zero-order valence-corrected chi connectivity index (χ0v) is 24.6. The van der Waals surface area contributed by atoms with Crippen LogP contribution in [0.4, 0.5) is 0 Å². The molecule has 0 fully saturated rings. The number of carbonyl (C=O) groups is 1. The summed E-state index contributed by atoms with van der Waals surface area (Å²) in [6.07, 6.45) is 1.68. The Morgan fingerprint density at radius 1 is 0.974 bits per heavy atom. The average Bonchev–Trinajstić information content (AvgIpc) is 3.51. The van der Waals surface area contributed by atoms with E-state index in [9.17, 15) is 4.79 Å². The molecule has 0 saturated carbocycles. The molecule has 8 heteroatoms. The highest BCUT2D eigenvalue weighted by Gasteiger charge is 2.33. The van der Waals surface area contributed by atoms with E-state index in [1.807, 2.05) is 65.0 Å². The fourth-order valence-corrected chi connectivity index (χ4v) is 5.12. The zero-order chi connectivity index (χ0) is 28.2. The van der Waals surface area contributed by atoms with Crippen LogP contribution in [0, 0.1) is 13.8 Å². The summed E-state index contributed by atoms with van der Waals surface area (Å²) in [5.74, 6) is 1.76. The Bertz CT molecular complexity index is 1390. The van der Waals surface area contributed by atoms with Gasteiger partial charge in [0.2, 0.25) is 11.7 Å². The van der Waals surface area contributed by atoms with Gasteiger partial charge in [0.1, 0.15) is 16.1 Å². The van der Waals surface area contributed by atoms with Crippen molar-refractivity contribution < 1.29 is 18.5 Å². The van der Waals surface area contributed by atoms with E-state index >= 15 is 0 Å². The third-order valence-electron chi connectivity index (χ3n) is 6.00. The lowest BCUT2D eigenvalue weighted by Crippen LogP contribution is -2.36. The Hall–Kier alpha value is -3.36. The lowest BCUT2D eigenvalue weighted by Gasteiger charge is -2.28. The van der Waals surface area contributed by atoms with Crippen LogP contribution in [0.25, 0.3) is 11.4 Å². The Morgan fingerprint density at radius 2 is 1.72 bits per heavy atom. The van der Waals surface area contributed by atoms with Crippen molar-refractivity contribution in [2.75, 3.05) is 0 Å². The van der Waals surface area contributed by atoms with Crippen molar-refractivity contribution >= 4 is 17.7 Å². The maximum absolute atomic E-state index is 12.7. The summed E-state index contributed by atoms with van der Waals surface area (Å²) in [4.78, 5) is 20.6. The topological polar surface area (TPSA) is 81.6 Å². The standard InChI is InChI=1S/C31H37N3O4S/c1-21-10-15-26(22(2)17-21)28-32-27(38-33-28)20-34(19-24-9-8-16-36-24)18-23-11-13-25(14-12-23)39-31(6,7)29(35)37-30(3,4)5/h8-17H,18-20H2,1-7H3. The van der Waals surface area contributed by atoms with E-state index in [-0.39, 0.29) is 5.97 Å². The summed E-state index contributed by atoms with van der Waals surface area (Å²) >= 11 is 1.49. The number of rotatable bonds is 10. The second kappa shape index (κ2) is 11.8. The van der Waals surface area contributed by atoms with Gasteiger partial charge in [-0.15, -0.1) is 11.8 Å². The first kappa shape index (κ1) is 28.6. The number of hydrogen-bond acceptors (Lipinski definition) is 8. The van der Waals surface area contributed by atoms with E-state index in [1.54, 1.807) is 6.26 Å². The van der Waals surface area contributed by atoms with Crippen LogP contribution in [-0.4, -0.2) is 31.4 Å². The summed E-state index contributed by atoms with van der Waals surface area (Å²) < 4.78 is 16.2. The first-order chi connectivity index (χ1) is 18.4. The van der Waals surface area contributed by atoms with Gasteiger partial charge in [0.05, 0.1) is 19.4 Å². The van der Waals surface area contributed by atoms with Crippen molar-refractivity contribution in [3.05, 3.63) is 89.2 Å². The molecule has 2 aromatic heterocycles. The van der Waals surface area contributed by atoms with E-state index in [4.69, 9.17) is 13.7 Å².